The molecule has 0 aromatic heterocycles. The number of carboxylic acids is 1. The van der Waals surface area contributed by atoms with E-state index in [-0.39, 0.29) is 18.6 Å². The molecule has 0 saturated carbocycles. The molecule has 0 unspecified atom stereocenters. The van der Waals surface area contributed by atoms with Gasteiger partial charge in [-0.2, -0.15) is 0 Å². The van der Waals surface area contributed by atoms with Crippen LogP contribution in [0.15, 0.2) is 60.7 Å². The van der Waals surface area contributed by atoms with Gasteiger partial charge in [0.2, 0.25) is 0 Å². The Hall–Kier alpha value is -2.42. The summed E-state index contributed by atoms with van der Waals surface area (Å²) in [5.41, 5.74) is 0.333. The molecule has 1 N–H and O–H groups in total. The van der Waals surface area contributed by atoms with Gasteiger partial charge in [0.05, 0.1) is 11.8 Å². The number of aliphatic carboxylic acids is 1. The van der Waals surface area contributed by atoms with E-state index in [2.05, 4.69) is 0 Å². The average Bonchev–Trinajstić information content (AvgIpc) is 2.53. The van der Waals surface area contributed by atoms with Crippen LogP contribution in [0.25, 0.3) is 0 Å². The molecule has 108 valence electrons. The summed E-state index contributed by atoms with van der Waals surface area (Å²) >= 11 is 0. The second-order valence-corrected chi connectivity index (χ2v) is 4.98. The molecule has 0 fully saturated rings. The molecule has 0 spiro atoms. The number of carbonyl (C=O) groups excluding carboxylic acids is 1. The van der Waals surface area contributed by atoms with Crippen molar-refractivity contribution in [2.24, 2.45) is 0 Å². The Labute approximate surface area is 124 Å². The molecule has 0 aliphatic carbocycles. The van der Waals surface area contributed by atoms with Crippen LogP contribution in [0.1, 0.15) is 30.9 Å². The third kappa shape index (κ3) is 2.87. The van der Waals surface area contributed by atoms with Crippen molar-refractivity contribution >= 4 is 11.8 Å². The van der Waals surface area contributed by atoms with E-state index in [0.29, 0.717) is 0 Å². The van der Waals surface area contributed by atoms with Gasteiger partial charge >= 0.3 is 5.97 Å². The molecule has 0 aliphatic heterocycles. The molecule has 0 aliphatic rings. The maximum absolute atomic E-state index is 12.7. The van der Waals surface area contributed by atoms with Crippen LogP contribution in [0.2, 0.25) is 0 Å². The summed E-state index contributed by atoms with van der Waals surface area (Å²) in [6.45, 7) is 1.77. The van der Waals surface area contributed by atoms with E-state index in [4.69, 9.17) is 0 Å². The first-order chi connectivity index (χ1) is 10.1. The molecule has 0 saturated heterocycles. The number of benzene rings is 2. The topological polar surface area (TPSA) is 54.4 Å². The first kappa shape index (κ1) is 15.0. The zero-order valence-corrected chi connectivity index (χ0v) is 12.0. The molecule has 2 rings (SSSR count). The van der Waals surface area contributed by atoms with Gasteiger partial charge < -0.3 is 5.11 Å². The minimum absolute atomic E-state index is 0.0812. The minimum atomic E-state index is -1.12. The molecular weight excluding hydrogens is 264 g/mol. The van der Waals surface area contributed by atoms with E-state index in [1.54, 1.807) is 6.92 Å². The van der Waals surface area contributed by atoms with E-state index in [1.165, 1.54) is 0 Å². The summed E-state index contributed by atoms with van der Waals surface area (Å²) in [4.78, 5) is 24.1. The fourth-order valence-electron chi connectivity index (χ4n) is 2.77. The summed E-state index contributed by atoms with van der Waals surface area (Å²) in [5, 5.41) is 9.36. The summed E-state index contributed by atoms with van der Waals surface area (Å²) < 4.78 is 0. The van der Waals surface area contributed by atoms with Gasteiger partial charge in [0.25, 0.3) is 0 Å². The molecule has 3 heteroatoms. The van der Waals surface area contributed by atoms with Crippen LogP contribution in [0.3, 0.4) is 0 Å². The number of carbonyl (C=O) groups is 2. The molecule has 0 radical (unpaired) electrons. The second kappa shape index (κ2) is 6.35. The van der Waals surface area contributed by atoms with Crippen molar-refractivity contribution in [1.82, 2.24) is 0 Å². The number of Topliss-reactive ketones (excluding diaryl/α,β-unsaturated/α-hetero) is 1. The Morgan fingerprint density at radius 1 is 0.905 bits per heavy atom. The first-order valence-corrected chi connectivity index (χ1v) is 6.97. The summed E-state index contributed by atoms with van der Waals surface area (Å²) in [6.07, 6.45) is 0.0464. The van der Waals surface area contributed by atoms with Crippen LogP contribution in [0.5, 0.6) is 0 Å². The van der Waals surface area contributed by atoms with Crippen molar-refractivity contribution in [3.8, 4) is 0 Å². The fraction of sp³-hybridized carbons (Fsp3) is 0.222. The van der Waals surface area contributed by atoms with Crippen molar-refractivity contribution < 1.29 is 14.7 Å². The van der Waals surface area contributed by atoms with Crippen LogP contribution in [0.4, 0.5) is 0 Å². The summed E-state index contributed by atoms with van der Waals surface area (Å²) in [6, 6.07) is 18.3. The van der Waals surface area contributed by atoms with E-state index in [1.807, 2.05) is 60.7 Å². The van der Waals surface area contributed by atoms with Crippen molar-refractivity contribution in [2.45, 2.75) is 25.2 Å². The Morgan fingerprint density at radius 2 is 1.33 bits per heavy atom. The predicted octanol–water partition coefficient (Wildman–Crippen LogP) is 3.43. The number of hydrogen-bond acceptors (Lipinski definition) is 2. The average molecular weight is 282 g/mol. The van der Waals surface area contributed by atoms with Crippen LogP contribution in [0, 0.1) is 0 Å². The third-order valence-corrected chi connectivity index (χ3v) is 3.75. The minimum Gasteiger partial charge on any atom is -0.481 e. The van der Waals surface area contributed by atoms with Gasteiger partial charge in [-0.3, -0.25) is 9.59 Å². The van der Waals surface area contributed by atoms with Gasteiger partial charge in [-0.15, -0.1) is 0 Å². The SMILES string of the molecule is CCC(=O)C(CC(=O)O)(c1ccccc1)c1ccccc1. The van der Waals surface area contributed by atoms with Gasteiger partial charge in [0.15, 0.2) is 0 Å². The van der Waals surface area contributed by atoms with Crippen molar-refractivity contribution in [3.05, 3.63) is 71.8 Å². The first-order valence-electron chi connectivity index (χ1n) is 6.97. The normalized spacial score (nSPS) is 11.1. The molecule has 21 heavy (non-hydrogen) atoms. The van der Waals surface area contributed by atoms with E-state index < -0.39 is 11.4 Å². The lowest BCUT2D eigenvalue weighted by atomic mass is 9.68. The largest absolute Gasteiger partial charge is 0.481 e. The lowest BCUT2D eigenvalue weighted by molar-refractivity contribution is -0.140. The van der Waals surface area contributed by atoms with Gasteiger partial charge in [0.1, 0.15) is 5.78 Å². The maximum Gasteiger partial charge on any atom is 0.305 e. The van der Waals surface area contributed by atoms with Crippen LogP contribution in [-0.4, -0.2) is 16.9 Å². The quantitative estimate of drug-likeness (QED) is 0.883. The number of rotatable bonds is 6. The Morgan fingerprint density at radius 3 is 1.67 bits per heavy atom. The number of carboxylic acid groups (broad SMARTS) is 1. The van der Waals surface area contributed by atoms with Gasteiger partial charge in [-0.1, -0.05) is 67.6 Å². The van der Waals surface area contributed by atoms with Crippen molar-refractivity contribution in [1.29, 1.82) is 0 Å². The molecular formula is C18H18O3. The molecule has 3 nitrogen and oxygen atoms in total. The third-order valence-electron chi connectivity index (χ3n) is 3.75. The lowest BCUT2D eigenvalue weighted by Crippen LogP contribution is -2.39. The molecule has 0 amide bonds. The lowest BCUT2D eigenvalue weighted by Gasteiger charge is -2.32. The fourth-order valence-corrected chi connectivity index (χ4v) is 2.77. The zero-order valence-electron chi connectivity index (χ0n) is 12.0. The molecule has 2 aromatic carbocycles. The molecule has 0 atom stereocenters. The molecule has 2 aromatic rings. The van der Waals surface area contributed by atoms with E-state index >= 15 is 0 Å². The van der Waals surface area contributed by atoms with Crippen LogP contribution in [-0.2, 0) is 15.0 Å². The van der Waals surface area contributed by atoms with Crippen molar-refractivity contribution in [2.75, 3.05) is 0 Å². The monoisotopic (exact) mass is 282 g/mol. The predicted molar refractivity (Wildman–Crippen MR) is 81.2 cm³/mol. The molecule has 0 heterocycles. The van der Waals surface area contributed by atoms with Gasteiger partial charge in [-0.25, -0.2) is 0 Å². The highest BCUT2D eigenvalue weighted by Gasteiger charge is 2.42. The molecule has 0 bridgehead atoms. The highest BCUT2D eigenvalue weighted by molar-refractivity contribution is 5.97. The van der Waals surface area contributed by atoms with Gasteiger partial charge in [-0.05, 0) is 11.1 Å². The Bertz CT molecular complexity index is 578. The standard InChI is InChI=1S/C18H18O3/c1-2-16(19)18(13-17(20)21,14-9-5-3-6-10-14)15-11-7-4-8-12-15/h3-12H,2,13H2,1H3,(H,20,21). The van der Waals surface area contributed by atoms with Crippen LogP contribution >= 0.6 is 0 Å². The van der Waals surface area contributed by atoms with Crippen molar-refractivity contribution in [3.63, 3.8) is 0 Å². The summed E-state index contributed by atoms with van der Waals surface area (Å²) in [5.74, 6) is -1.06. The number of ketones is 1. The Kier molecular flexibility index (Phi) is 4.53. The zero-order chi connectivity index (χ0) is 15.3. The highest BCUT2D eigenvalue weighted by atomic mass is 16.4. The second-order valence-electron chi connectivity index (χ2n) is 4.98. The van der Waals surface area contributed by atoms with E-state index in [9.17, 15) is 14.7 Å². The highest BCUT2D eigenvalue weighted by Crippen LogP contribution is 2.37. The maximum atomic E-state index is 12.7. The Balaban J connectivity index is 2.71. The smallest absolute Gasteiger partial charge is 0.305 e. The van der Waals surface area contributed by atoms with Gasteiger partial charge in [0, 0.05) is 6.42 Å². The number of hydrogen-bond donors (Lipinski definition) is 1. The van der Waals surface area contributed by atoms with E-state index in [0.717, 1.165) is 11.1 Å². The van der Waals surface area contributed by atoms with Crippen LogP contribution < -0.4 is 0 Å². The summed E-state index contributed by atoms with van der Waals surface area (Å²) in [7, 11) is 0.